The molecule has 168 valence electrons. The quantitative estimate of drug-likeness (QED) is 0.644. The van der Waals surface area contributed by atoms with Gasteiger partial charge in [-0.05, 0) is 63.1 Å². The summed E-state index contributed by atoms with van der Waals surface area (Å²) in [7, 11) is 0. The van der Waals surface area contributed by atoms with Crippen LogP contribution in [-0.2, 0) is 13.0 Å². The van der Waals surface area contributed by atoms with E-state index < -0.39 is 13.0 Å². The van der Waals surface area contributed by atoms with Crippen molar-refractivity contribution < 1.29 is 18.3 Å². The number of halogens is 2. The number of hydrogen-bond donors (Lipinski definition) is 1. The molecular weight excluding hydrogens is 420 g/mol. The molecule has 2 aliphatic rings. The van der Waals surface area contributed by atoms with Crippen molar-refractivity contribution in [2.24, 2.45) is 5.92 Å². The van der Waals surface area contributed by atoms with E-state index in [1.54, 1.807) is 0 Å². The number of hydrogen-bond acceptors (Lipinski definition) is 5. The number of thiazole rings is 1. The van der Waals surface area contributed by atoms with Gasteiger partial charge in [0.15, 0.2) is 6.61 Å². The standard InChI is InChI=1S/C23H29F2N3O2S/c24-21(25)15-30-23-27-19-14-28(13-11-20(19)31-23)12-10-16-6-8-18(9-7-16)26-22(29)17-4-2-1-3-5-17/h1-5,16,18,21H,6-15H2,(H,26,29). The average Bonchev–Trinajstić information content (AvgIpc) is 3.20. The molecule has 0 bridgehead atoms. The van der Waals surface area contributed by atoms with E-state index in [1.165, 1.54) is 11.3 Å². The smallest absolute Gasteiger partial charge is 0.273 e. The third-order valence-electron chi connectivity index (χ3n) is 6.19. The van der Waals surface area contributed by atoms with Crippen molar-refractivity contribution in [1.29, 1.82) is 0 Å². The van der Waals surface area contributed by atoms with E-state index in [0.717, 1.165) is 74.3 Å². The Balaban J connectivity index is 1.17. The summed E-state index contributed by atoms with van der Waals surface area (Å²) in [5.74, 6) is 0.708. The van der Waals surface area contributed by atoms with Crippen LogP contribution >= 0.6 is 11.3 Å². The molecule has 1 aliphatic heterocycles. The Hall–Kier alpha value is -2.06. The number of nitrogens with one attached hydrogen (secondary N) is 1. The third-order valence-corrected chi connectivity index (χ3v) is 7.26. The molecule has 1 aliphatic carbocycles. The zero-order valence-corrected chi connectivity index (χ0v) is 18.4. The fraction of sp³-hybridized carbons (Fsp3) is 0.565. The summed E-state index contributed by atoms with van der Waals surface area (Å²) in [5, 5.41) is 3.54. The second-order valence-electron chi connectivity index (χ2n) is 8.42. The first kappa shape index (κ1) is 22.1. The van der Waals surface area contributed by atoms with Crippen molar-refractivity contribution in [2.75, 3.05) is 19.7 Å². The van der Waals surface area contributed by atoms with E-state index >= 15 is 0 Å². The topological polar surface area (TPSA) is 54.5 Å². The van der Waals surface area contributed by atoms with Gasteiger partial charge in [-0.3, -0.25) is 9.69 Å². The Morgan fingerprint density at radius 2 is 2.00 bits per heavy atom. The van der Waals surface area contributed by atoms with Crippen molar-refractivity contribution in [1.82, 2.24) is 15.2 Å². The minimum absolute atomic E-state index is 0.0216. The highest BCUT2D eigenvalue weighted by atomic mass is 32.1. The summed E-state index contributed by atoms with van der Waals surface area (Å²) < 4.78 is 29.7. The van der Waals surface area contributed by atoms with Crippen LogP contribution in [0.3, 0.4) is 0 Å². The molecule has 2 heterocycles. The molecule has 1 N–H and O–H groups in total. The van der Waals surface area contributed by atoms with Crippen LogP contribution in [0.4, 0.5) is 8.78 Å². The van der Waals surface area contributed by atoms with Crippen molar-refractivity contribution in [3.05, 3.63) is 46.5 Å². The Labute approximate surface area is 185 Å². The van der Waals surface area contributed by atoms with Crippen LogP contribution in [-0.4, -0.2) is 48.0 Å². The minimum Gasteiger partial charge on any atom is -0.464 e. The SMILES string of the molecule is O=C(NC1CCC(CCN2CCc3sc(OCC(F)F)nc3C2)CC1)c1ccccc1. The summed E-state index contributed by atoms with van der Waals surface area (Å²) in [5.41, 5.74) is 1.70. The van der Waals surface area contributed by atoms with Gasteiger partial charge in [-0.15, -0.1) is 0 Å². The van der Waals surface area contributed by atoms with Gasteiger partial charge in [0.25, 0.3) is 17.5 Å². The lowest BCUT2D eigenvalue weighted by molar-refractivity contribution is 0.0815. The first-order valence-electron chi connectivity index (χ1n) is 11.0. The largest absolute Gasteiger partial charge is 0.464 e. The zero-order valence-electron chi connectivity index (χ0n) is 17.6. The second-order valence-corrected chi connectivity index (χ2v) is 9.47. The monoisotopic (exact) mass is 449 g/mol. The van der Waals surface area contributed by atoms with Gasteiger partial charge >= 0.3 is 0 Å². The highest BCUT2D eigenvalue weighted by molar-refractivity contribution is 7.13. The lowest BCUT2D eigenvalue weighted by Crippen LogP contribution is -2.38. The maximum atomic E-state index is 12.3. The fourth-order valence-corrected chi connectivity index (χ4v) is 5.35. The zero-order chi connectivity index (χ0) is 21.6. The highest BCUT2D eigenvalue weighted by Crippen LogP contribution is 2.31. The Bertz CT molecular complexity index is 854. The molecule has 2 aromatic rings. The maximum absolute atomic E-state index is 12.3. The molecule has 0 unspecified atom stereocenters. The van der Waals surface area contributed by atoms with Gasteiger partial charge in [-0.25, -0.2) is 13.8 Å². The van der Waals surface area contributed by atoms with Crippen LogP contribution in [0.15, 0.2) is 30.3 Å². The molecule has 8 heteroatoms. The van der Waals surface area contributed by atoms with E-state index in [4.69, 9.17) is 4.74 Å². The Morgan fingerprint density at radius 1 is 1.23 bits per heavy atom. The molecule has 0 atom stereocenters. The van der Waals surface area contributed by atoms with E-state index in [-0.39, 0.29) is 11.9 Å². The predicted octanol–water partition coefficient (Wildman–Crippen LogP) is 4.52. The highest BCUT2D eigenvalue weighted by Gasteiger charge is 2.25. The number of aromatic nitrogens is 1. The van der Waals surface area contributed by atoms with Gasteiger partial charge in [0.05, 0.1) is 5.69 Å². The minimum atomic E-state index is -2.47. The number of carbonyl (C=O) groups is 1. The summed E-state index contributed by atoms with van der Waals surface area (Å²) >= 11 is 1.40. The summed E-state index contributed by atoms with van der Waals surface area (Å²) in [6.07, 6.45) is 3.92. The molecular formula is C23H29F2N3O2S. The molecule has 0 saturated heterocycles. The summed E-state index contributed by atoms with van der Waals surface area (Å²) in [6, 6.07) is 9.65. The first-order valence-corrected chi connectivity index (χ1v) is 11.9. The number of fused-ring (bicyclic) bond motifs is 1. The first-order chi connectivity index (χ1) is 15.1. The second kappa shape index (κ2) is 10.5. The molecule has 1 saturated carbocycles. The van der Waals surface area contributed by atoms with Crippen molar-refractivity contribution in [3.63, 3.8) is 0 Å². The number of rotatable bonds is 8. The van der Waals surface area contributed by atoms with Crippen LogP contribution < -0.4 is 10.1 Å². The van der Waals surface area contributed by atoms with Crippen LogP contribution in [0.5, 0.6) is 5.19 Å². The molecule has 1 aromatic heterocycles. The van der Waals surface area contributed by atoms with E-state index in [0.29, 0.717) is 11.1 Å². The number of carbonyl (C=O) groups excluding carboxylic acids is 1. The van der Waals surface area contributed by atoms with Crippen molar-refractivity contribution >= 4 is 17.2 Å². The Kier molecular flexibility index (Phi) is 7.50. The molecule has 5 nitrogen and oxygen atoms in total. The van der Waals surface area contributed by atoms with Gasteiger partial charge in [0.1, 0.15) is 0 Å². The van der Waals surface area contributed by atoms with Gasteiger partial charge in [0, 0.05) is 29.6 Å². The third kappa shape index (κ3) is 6.23. The van der Waals surface area contributed by atoms with E-state index in [2.05, 4.69) is 15.2 Å². The average molecular weight is 450 g/mol. The number of benzene rings is 1. The molecule has 31 heavy (non-hydrogen) atoms. The molecule has 0 spiro atoms. The van der Waals surface area contributed by atoms with Crippen LogP contribution in [0.25, 0.3) is 0 Å². The maximum Gasteiger partial charge on any atom is 0.273 e. The van der Waals surface area contributed by atoms with Crippen molar-refractivity contribution in [3.8, 4) is 5.19 Å². The summed E-state index contributed by atoms with van der Waals surface area (Å²) in [4.78, 5) is 20.3. The predicted molar refractivity (Wildman–Crippen MR) is 117 cm³/mol. The lowest BCUT2D eigenvalue weighted by atomic mass is 9.84. The van der Waals surface area contributed by atoms with E-state index in [1.807, 2.05) is 30.3 Å². The van der Waals surface area contributed by atoms with Crippen LogP contribution in [0, 0.1) is 5.92 Å². The van der Waals surface area contributed by atoms with Crippen molar-refractivity contribution in [2.45, 2.75) is 57.5 Å². The molecule has 0 radical (unpaired) electrons. The molecule has 1 fully saturated rings. The van der Waals surface area contributed by atoms with Gasteiger partial charge in [-0.1, -0.05) is 29.5 Å². The summed E-state index contributed by atoms with van der Waals surface area (Å²) in [6.45, 7) is 2.18. The van der Waals surface area contributed by atoms with Gasteiger partial charge in [-0.2, -0.15) is 0 Å². The normalized spacial score (nSPS) is 21.6. The van der Waals surface area contributed by atoms with Gasteiger partial charge in [0.2, 0.25) is 0 Å². The number of ether oxygens (including phenoxy) is 1. The van der Waals surface area contributed by atoms with Crippen LogP contribution in [0.1, 0.15) is 53.0 Å². The van der Waals surface area contributed by atoms with E-state index in [9.17, 15) is 13.6 Å². The Morgan fingerprint density at radius 3 is 2.74 bits per heavy atom. The number of nitrogens with zero attached hydrogens (tertiary/aromatic N) is 2. The number of amides is 1. The molecule has 4 rings (SSSR count). The fourth-order valence-electron chi connectivity index (χ4n) is 4.43. The molecule has 1 amide bonds. The molecule has 1 aromatic carbocycles. The number of alkyl halides is 2. The lowest BCUT2D eigenvalue weighted by Gasteiger charge is -2.32. The van der Waals surface area contributed by atoms with Gasteiger partial charge < -0.3 is 10.1 Å². The van der Waals surface area contributed by atoms with Crippen LogP contribution in [0.2, 0.25) is 0 Å².